The fourth-order valence-electron chi connectivity index (χ4n) is 1.87. The second-order valence-corrected chi connectivity index (χ2v) is 3.48. The zero-order chi connectivity index (χ0) is 9.80. The van der Waals surface area contributed by atoms with Gasteiger partial charge in [-0.05, 0) is 29.5 Å². The first-order valence-electron chi connectivity index (χ1n) is 4.91. The van der Waals surface area contributed by atoms with Crippen molar-refractivity contribution in [3.05, 3.63) is 34.9 Å². The Morgan fingerprint density at radius 2 is 2.36 bits per heavy atom. The van der Waals surface area contributed by atoms with Gasteiger partial charge in [0.2, 0.25) is 0 Å². The molecular weight excluding hydrogens is 178 g/mol. The van der Waals surface area contributed by atoms with Gasteiger partial charge in [0, 0.05) is 0 Å². The predicted octanol–water partition coefficient (Wildman–Crippen LogP) is 1.19. The van der Waals surface area contributed by atoms with Gasteiger partial charge >= 0.3 is 0 Å². The molecule has 3 heteroatoms. The number of benzene rings is 1. The van der Waals surface area contributed by atoms with Gasteiger partial charge in [0.15, 0.2) is 0 Å². The highest BCUT2D eigenvalue weighted by molar-refractivity contribution is 5.36. The Morgan fingerprint density at radius 3 is 3.21 bits per heavy atom. The molecule has 0 saturated heterocycles. The molecule has 0 saturated carbocycles. The number of ether oxygens (including phenoxy) is 1. The van der Waals surface area contributed by atoms with Crippen molar-refractivity contribution in [2.75, 3.05) is 13.2 Å². The second kappa shape index (κ2) is 4.55. The largest absolute Gasteiger partial charge is 0.376 e. The fourth-order valence-corrected chi connectivity index (χ4v) is 1.87. The van der Waals surface area contributed by atoms with Crippen molar-refractivity contribution in [2.24, 2.45) is 5.90 Å². The van der Waals surface area contributed by atoms with Crippen LogP contribution in [-0.4, -0.2) is 13.2 Å². The van der Waals surface area contributed by atoms with Crippen LogP contribution in [0, 0.1) is 0 Å². The summed E-state index contributed by atoms with van der Waals surface area (Å²) in [6.07, 6.45) is 1.88. The Labute approximate surface area is 83.8 Å². The van der Waals surface area contributed by atoms with Crippen molar-refractivity contribution in [1.82, 2.24) is 0 Å². The monoisotopic (exact) mass is 193 g/mol. The maximum atomic E-state index is 5.44. The zero-order valence-corrected chi connectivity index (χ0v) is 8.16. The summed E-state index contributed by atoms with van der Waals surface area (Å²) in [4.78, 5) is 4.60. The van der Waals surface area contributed by atoms with E-state index in [0.717, 1.165) is 26.1 Å². The standard InChI is InChI=1S/C11H15NO2/c12-14-7-5-10-3-1-2-9-4-6-13-8-11(9)10/h1-3H,4-8,12H2. The lowest BCUT2D eigenvalue weighted by Crippen LogP contribution is -2.13. The topological polar surface area (TPSA) is 44.5 Å². The second-order valence-electron chi connectivity index (χ2n) is 3.48. The molecule has 2 rings (SSSR count). The van der Waals surface area contributed by atoms with E-state index in [1.807, 2.05) is 0 Å². The normalized spacial score (nSPS) is 15.2. The van der Waals surface area contributed by atoms with Crippen LogP contribution in [0.25, 0.3) is 0 Å². The number of hydrogen-bond donors (Lipinski definition) is 1. The van der Waals surface area contributed by atoms with E-state index < -0.39 is 0 Å². The van der Waals surface area contributed by atoms with Gasteiger partial charge in [-0.1, -0.05) is 18.2 Å². The average molecular weight is 193 g/mol. The SMILES string of the molecule is NOCCc1cccc2c1COCC2. The Kier molecular flexibility index (Phi) is 3.14. The van der Waals surface area contributed by atoms with E-state index in [1.54, 1.807) is 0 Å². The highest BCUT2D eigenvalue weighted by atomic mass is 16.6. The lowest BCUT2D eigenvalue weighted by atomic mass is 9.96. The summed E-state index contributed by atoms with van der Waals surface area (Å²) in [5, 5.41) is 0. The van der Waals surface area contributed by atoms with Gasteiger partial charge in [0.25, 0.3) is 0 Å². The van der Waals surface area contributed by atoms with Gasteiger partial charge in [0.1, 0.15) is 0 Å². The van der Waals surface area contributed by atoms with Gasteiger partial charge in [0.05, 0.1) is 19.8 Å². The number of rotatable bonds is 3. The van der Waals surface area contributed by atoms with Crippen LogP contribution in [0.3, 0.4) is 0 Å². The molecule has 0 spiro atoms. The molecule has 1 aromatic carbocycles. The van der Waals surface area contributed by atoms with E-state index in [9.17, 15) is 0 Å². The molecule has 0 atom stereocenters. The Balaban J connectivity index is 2.21. The zero-order valence-electron chi connectivity index (χ0n) is 8.16. The molecule has 0 bridgehead atoms. The van der Waals surface area contributed by atoms with E-state index in [1.165, 1.54) is 16.7 Å². The van der Waals surface area contributed by atoms with Gasteiger partial charge in [-0.15, -0.1) is 0 Å². The summed E-state index contributed by atoms with van der Waals surface area (Å²) in [6, 6.07) is 6.38. The summed E-state index contributed by atoms with van der Waals surface area (Å²) >= 11 is 0. The number of hydrogen-bond acceptors (Lipinski definition) is 3. The first-order chi connectivity index (χ1) is 6.92. The van der Waals surface area contributed by atoms with Crippen LogP contribution in [0.2, 0.25) is 0 Å². The first-order valence-corrected chi connectivity index (χ1v) is 4.91. The minimum atomic E-state index is 0.566. The Bertz CT molecular complexity index is 312. The maximum absolute atomic E-state index is 5.44. The molecule has 1 aliphatic heterocycles. The number of fused-ring (bicyclic) bond motifs is 1. The first kappa shape index (κ1) is 9.65. The maximum Gasteiger partial charge on any atom is 0.0722 e. The molecule has 2 N–H and O–H groups in total. The Morgan fingerprint density at radius 1 is 1.43 bits per heavy atom. The van der Waals surface area contributed by atoms with Gasteiger partial charge in [-0.2, -0.15) is 0 Å². The summed E-state index contributed by atoms with van der Waals surface area (Å²) in [7, 11) is 0. The van der Waals surface area contributed by atoms with E-state index in [-0.39, 0.29) is 0 Å². The quantitative estimate of drug-likeness (QED) is 0.733. The van der Waals surface area contributed by atoms with Crippen molar-refractivity contribution in [1.29, 1.82) is 0 Å². The van der Waals surface area contributed by atoms with Crippen LogP contribution in [-0.2, 0) is 29.0 Å². The van der Waals surface area contributed by atoms with E-state index >= 15 is 0 Å². The highest BCUT2D eigenvalue weighted by Gasteiger charge is 2.12. The molecule has 1 aromatic rings. The fraction of sp³-hybridized carbons (Fsp3) is 0.455. The molecule has 14 heavy (non-hydrogen) atoms. The van der Waals surface area contributed by atoms with Crippen LogP contribution in [0.4, 0.5) is 0 Å². The third-order valence-electron chi connectivity index (χ3n) is 2.62. The van der Waals surface area contributed by atoms with E-state index in [4.69, 9.17) is 10.6 Å². The van der Waals surface area contributed by atoms with Gasteiger partial charge in [-0.25, -0.2) is 5.90 Å². The van der Waals surface area contributed by atoms with Crippen LogP contribution in [0.15, 0.2) is 18.2 Å². The third kappa shape index (κ3) is 1.95. The van der Waals surface area contributed by atoms with Gasteiger partial charge in [-0.3, -0.25) is 0 Å². The van der Waals surface area contributed by atoms with Crippen molar-refractivity contribution in [3.8, 4) is 0 Å². The molecule has 1 heterocycles. The third-order valence-corrected chi connectivity index (χ3v) is 2.62. The van der Waals surface area contributed by atoms with Crippen LogP contribution < -0.4 is 5.90 Å². The van der Waals surface area contributed by atoms with Crippen LogP contribution in [0.1, 0.15) is 16.7 Å². The molecule has 0 fully saturated rings. The summed E-state index contributed by atoms with van der Waals surface area (Å²) < 4.78 is 5.44. The lowest BCUT2D eigenvalue weighted by Gasteiger charge is -2.19. The smallest absolute Gasteiger partial charge is 0.0722 e. The van der Waals surface area contributed by atoms with Crippen molar-refractivity contribution in [3.63, 3.8) is 0 Å². The van der Waals surface area contributed by atoms with Crippen LogP contribution >= 0.6 is 0 Å². The van der Waals surface area contributed by atoms with Crippen molar-refractivity contribution in [2.45, 2.75) is 19.4 Å². The predicted molar refractivity (Wildman–Crippen MR) is 53.6 cm³/mol. The summed E-state index contributed by atoms with van der Waals surface area (Å²) in [5.74, 6) is 5.02. The molecule has 76 valence electrons. The highest BCUT2D eigenvalue weighted by Crippen LogP contribution is 2.21. The molecule has 0 aromatic heterocycles. The van der Waals surface area contributed by atoms with Crippen LogP contribution in [0.5, 0.6) is 0 Å². The molecule has 0 aliphatic carbocycles. The van der Waals surface area contributed by atoms with E-state index in [0.29, 0.717) is 6.61 Å². The molecule has 0 radical (unpaired) electrons. The minimum absolute atomic E-state index is 0.566. The van der Waals surface area contributed by atoms with Crippen molar-refractivity contribution < 1.29 is 9.57 Å². The molecule has 3 nitrogen and oxygen atoms in total. The Hall–Kier alpha value is -0.900. The summed E-state index contributed by atoms with van der Waals surface area (Å²) in [6.45, 7) is 2.14. The van der Waals surface area contributed by atoms with Gasteiger partial charge < -0.3 is 9.57 Å². The molecule has 0 unspecified atom stereocenters. The number of nitrogens with two attached hydrogens (primary N) is 1. The summed E-state index contributed by atoms with van der Waals surface area (Å²) in [5.41, 5.74) is 4.04. The lowest BCUT2D eigenvalue weighted by molar-refractivity contribution is 0.108. The average Bonchev–Trinajstić information content (AvgIpc) is 2.26. The van der Waals surface area contributed by atoms with E-state index in [2.05, 4.69) is 23.0 Å². The molecule has 0 amide bonds. The minimum Gasteiger partial charge on any atom is -0.376 e. The van der Waals surface area contributed by atoms with Crippen molar-refractivity contribution >= 4 is 0 Å². The molecule has 1 aliphatic rings. The molecular formula is C11H15NO2.